The highest BCUT2D eigenvalue weighted by Gasteiger charge is 2.37. The van der Waals surface area contributed by atoms with Gasteiger partial charge in [0.25, 0.3) is 0 Å². The number of anilines is 1. The number of benzene rings is 1. The molecule has 2 N–H and O–H groups in total. The molecule has 112 valence electrons. The molecule has 1 aromatic carbocycles. The minimum atomic E-state index is -0.544. The Morgan fingerprint density at radius 3 is 2.90 bits per heavy atom. The number of rotatable bonds is 4. The predicted molar refractivity (Wildman–Crippen MR) is 84.0 cm³/mol. The van der Waals surface area contributed by atoms with Gasteiger partial charge in [-0.3, -0.25) is 9.59 Å². The largest absolute Gasteiger partial charge is 0.355 e. The minimum absolute atomic E-state index is 0.0997. The molecule has 2 fully saturated rings. The molecule has 0 bridgehead atoms. The van der Waals surface area contributed by atoms with Gasteiger partial charge in [-0.1, -0.05) is 22.0 Å². The Balaban J connectivity index is 1.61. The van der Waals surface area contributed by atoms with Gasteiger partial charge >= 0.3 is 0 Å². The Hall–Kier alpha value is -1.40. The lowest BCUT2D eigenvalue weighted by Crippen LogP contribution is -2.49. The van der Waals surface area contributed by atoms with Crippen LogP contribution in [0.15, 0.2) is 28.7 Å². The van der Waals surface area contributed by atoms with E-state index in [2.05, 4.69) is 26.6 Å². The van der Waals surface area contributed by atoms with Gasteiger partial charge in [-0.15, -0.1) is 0 Å². The fraction of sp³-hybridized carbons (Fsp3) is 0.467. The molecule has 2 amide bonds. The molecule has 2 aliphatic heterocycles. The highest BCUT2D eigenvalue weighted by molar-refractivity contribution is 9.10. The zero-order chi connectivity index (χ0) is 14.8. The Kier molecular flexibility index (Phi) is 4.26. The zero-order valence-electron chi connectivity index (χ0n) is 11.6. The fourth-order valence-corrected chi connectivity index (χ4v) is 3.07. The summed E-state index contributed by atoms with van der Waals surface area (Å²) in [6.07, 6.45) is 0.583. The summed E-state index contributed by atoms with van der Waals surface area (Å²) in [6, 6.07) is 7.60. The third kappa shape index (κ3) is 3.11. The van der Waals surface area contributed by atoms with Crippen LogP contribution in [0.2, 0.25) is 0 Å². The molecule has 2 saturated heterocycles. The number of nitrogens with zero attached hydrogens (tertiary/aromatic N) is 1. The van der Waals surface area contributed by atoms with Crippen LogP contribution in [0, 0.1) is 11.8 Å². The van der Waals surface area contributed by atoms with Crippen LogP contribution < -0.4 is 15.5 Å². The summed E-state index contributed by atoms with van der Waals surface area (Å²) in [5, 5.41) is 6.07. The predicted octanol–water partition coefficient (Wildman–Crippen LogP) is 1.14. The van der Waals surface area contributed by atoms with Crippen molar-refractivity contribution < 1.29 is 9.59 Å². The van der Waals surface area contributed by atoms with E-state index in [1.54, 1.807) is 4.90 Å². The van der Waals surface area contributed by atoms with Gasteiger partial charge in [-0.25, -0.2) is 0 Å². The summed E-state index contributed by atoms with van der Waals surface area (Å²) in [5.74, 6) is -0.273. The minimum Gasteiger partial charge on any atom is -0.355 e. The summed E-state index contributed by atoms with van der Waals surface area (Å²) in [4.78, 5) is 26.3. The SMILES string of the molecule is O=C(NCC1CNC1)C1CCN(c2cccc(Br)c2)C1=O. The van der Waals surface area contributed by atoms with Crippen LogP contribution in [0.1, 0.15) is 6.42 Å². The maximum atomic E-state index is 12.4. The van der Waals surface area contributed by atoms with Crippen LogP contribution in [-0.4, -0.2) is 38.0 Å². The van der Waals surface area contributed by atoms with E-state index in [4.69, 9.17) is 0 Å². The van der Waals surface area contributed by atoms with E-state index in [0.717, 1.165) is 23.2 Å². The number of amides is 2. The highest BCUT2D eigenvalue weighted by atomic mass is 79.9. The third-order valence-electron chi connectivity index (χ3n) is 4.07. The molecule has 2 heterocycles. The van der Waals surface area contributed by atoms with Gasteiger partial charge in [0.15, 0.2) is 0 Å². The Bertz CT molecular complexity index is 560. The van der Waals surface area contributed by atoms with Crippen molar-refractivity contribution in [2.75, 3.05) is 31.1 Å². The van der Waals surface area contributed by atoms with Crippen LogP contribution in [-0.2, 0) is 9.59 Å². The van der Waals surface area contributed by atoms with E-state index in [-0.39, 0.29) is 11.8 Å². The number of hydrogen-bond donors (Lipinski definition) is 2. The first-order chi connectivity index (χ1) is 10.1. The topological polar surface area (TPSA) is 61.4 Å². The van der Waals surface area contributed by atoms with E-state index < -0.39 is 5.92 Å². The fourth-order valence-electron chi connectivity index (χ4n) is 2.68. The quantitative estimate of drug-likeness (QED) is 0.799. The average molecular weight is 352 g/mol. The first kappa shape index (κ1) is 14.5. The van der Waals surface area contributed by atoms with Gasteiger partial charge in [0, 0.05) is 42.3 Å². The second-order valence-electron chi connectivity index (χ2n) is 5.58. The van der Waals surface area contributed by atoms with Gasteiger partial charge in [-0.2, -0.15) is 0 Å². The Labute approximate surface area is 132 Å². The van der Waals surface area contributed by atoms with Crippen molar-refractivity contribution in [3.63, 3.8) is 0 Å². The maximum Gasteiger partial charge on any atom is 0.239 e. The van der Waals surface area contributed by atoms with E-state index in [9.17, 15) is 9.59 Å². The maximum absolute atomic E-state index is 12.4. The number of halogens is 1. The lowest BCUT2D eigenvalue weighted by atomic mass is 10.0. The van der Waals surface area contributed by atoms with Gasteiger partial charge in [-0.05, 0) is 24.6 Å². The molecule has 1 atom stereocenters. The van der Waals surface area contributed by atoms with Crippen molar-refractivity contribution >= 4 is 33.4 Å². The van der Waals surface area contributed by atoms with E-state index in [0.29, 0.717) is 25.4 Å². The molecular weight excluding hydrogens is 334 g/mol. The van der Waals surface area contributed by atoms with Crippen LogP contribution in [0.3, 0.4) is 0 Å². The van der Waals surface area contributed by atoms with Gasteiger partial charge in [0.05, 0.1) is 0 Å². The summed E-state index contributed by atoms with van der Waals surface area (Å²) in [5.41, 5.74) is 0.841. The van der Waals surface area contributed by atoms with Crippen LogP contribution >= 0.6 is 15.9 Å². The smallest absolute Gasteiger partial charge is 0.239 e. The van der Waals surface area contributed by atoms with Crippen LogP contribution in [0.25, 0.3) is 0 Å². The number of hydrogen-bond acceptors (Lipinski definition) is 3. The molecule has 6 heteroatoms. The zero-order valence-corrected chi connectivity index (χ0v) is 13.2. The van der Waals surface area contributed by atoms with E-state index in [1.165, 1.54) is 0 Å². The lowest BCUT2D eigenvalue weighted by Gasteiger charge is -2.27. The summed E-state index contributed by atoms with van der Waals surface area (Å²) in [7, 11) is 0. The van der Waals surface area contributed by atoms with Crippen molar-refractivity contribution in [2.24, 2.45) is 11.8 Å². The highest BCUT2D eigenvalue weighted by Crippen LogP contribution is 2.27. The molecule has 3 rings (SSSR count). The molecule has 2 aliphatic rings. The van der Waals surface area contributed by atoms with Crippen molar-refractivity contribution in [1.82, 2.24) is 10.6 Å². The molecule has 0 aliphatic carbocycles. The summed E-state index contributed by atoms with van der Waals surface area (Å²) in [6.45, 7) is 3.15. The number of carbonyl (C=O) groups is 2. The van der Waals surface area contributed by atoms with Crippen LogP contribution in [0.5, 0.6) is 0 Å². The van der Waals surface area contributed by atoms with E-state index >= 15 is 0 Å². The molecular formula is C15H18BrN3O2. The summed E-state index contributed by atoms with van der Waals surface area (Å²) >= 11 is 3.41. The molecule has 0 spiro atoms. The average Bonchev–Trinajstić information content (AvgIpc) is 2.78. The lowest BCUT2D eigenvalue weighted by molar-refractivity contribution is -0.132. The van der Waals surface area contributed by atoms with Crippen molar-refractivity contribution in [1.29, 1.82) is 0 Å². The summed E-state index contributed by atoms with van der Waals surface area (Å²) < 4.78 is 0.929. The molecule has 21 heavy (non-hydrogen) atoms. The third-order valence-corrected chi connectivity index (χ3v) is 4.57. The molecule has 1 aromatic rings. The molecule has 1 unspecified atom stereocenters. The van der Waals surface area contributed by atoms with Gasteiger partial charge < -0.3 is 15.5 Å². The second-order valence-corrected chi connectivity index (χ2v) is 6.50. The van der Waals surface area contributed by atoms with Crippen molar-refractivity contribution in [3.05, 3.63) is 28.7 Å². The molecule has 5 nitrogen and oxygen atoms in total. The Morgan fingerprint density at radius 2 is 2.24 bits per heavy atom. The van der Waals surface area contributed by atoms with Gasteiger partial charge in [0.1, 0.15) is 5.92 Å². The monoisotopic (exact) mass is 351 g/mol. The first-order valence-electron chi connectivity index (χ1n) is 7.20. The van der Waals surface area contributed by atoms with Crippen molar-refractivity contribution in [3.8, 4) is 0 Å². The van der Waals surface area contributed by atoms with Crippen LogP contribution in [0.4, 0.5) is 5.69 Å². The first-order valence-corrected chi connectivity index (χ1v) is 8.00. The Morgan fingerprint density at radius 1 is 1.43 bits per heavy atom. The molecule has 0 saturated carbocycles. The molecule has 0 radical (unpaired) electrons. The second kappa shape index (κ2) is 6.15. The number of carbonyl (C=O) groups excluding carboxylic acids is 2. The normalized spacial score (nSPS) is 22.2. The molecule has 0 aromatic heterocycles. The van der Waals surface area contributed by atoms with E-state index in [1.807, 2.05) is 24.3 Å². The van der Waals surface area contributed by atoms with Gasteiger partial charge in [0.2, 0.25) is 11.8 Å². The number of nitrogens with one attached hydrogen (secondary N) is 2. The standard InChI is InChI=1S/C15H18BrN3O2/c16-11-2-1-3-12(6-11)19-5-4-13(15(19)21)14(20)18-9-10-7-17-8-10/h1-3,6,10,13,17H,4-5,7-9H2,(H,18,20). The van der Waals surface area contributed by atoms with Crippen molar-refractivity contribution in [2.45, 2.75) is 6.42 Å².